The predicted molar refractivity (Wildman–Crippen MR) is 53.0 cm³/mol. The van der Waals surface area contributed by atoms with E-state index in [-0.39, 0.29) is 6.61 Å². The summed E-state index contributed by atoms with van der Waals surface area (Å²) in [5.41, 5.74) is 1.28. The van der Waals surface area contributed by atoms with Crippen molar-refractivity contribution in [2.24, 2.45) is 0 Å². The summed E-state index contributed by atoms with van der Waals surface area (Å²) in [5.74, 6) is 0. The highest BCUT2D eigenvalue weighted by Crippen LogP contribution is 2.15. The van der Waals surface area contributed by atoms with Crippen molar-refractivity contribution < 1.29 is 9.90 Å². The Morgan fingerprint density at radius 1 is 1.38 bits per heavy atom. The van der Waals surface area contributed by atoms with Gasteiger partial charge in [0.05, 0.1) is 6.61 Å². The molecule has 0 unspecified atom stereocenters. The topological polar surface area (TPSA) is 37.3 Å². The monoisotopic (exact) mass is 196 g/mol. The molecule has 0 fully saturated rings. The van der Waals surface area contributed by atoms with Crippen molar-refractivity contribution >= 4 is 24.0 Å². The highest BCUT2D eigenvalue weighted by molar-refractivity contribution is 6.30. The standard InChI is InChI=1S/C10H9ClO2/c11-10-4-3-8(2-1-5-12)9(6-10)7-13/h1-4,6-7,12H,5H2. The Labute approximate surface area is 81.5 Å². The van der Waals surface area contributed by atoms with Crippen molar-refractivity contribution in [1.82, 2.24) is 0 Å². The number of halogens is 1. The van der Waals surface area contributed by atoms with Crippen molar-refractivity contribution in [3.63, 3.8) is 0 Å². The lowest BCUT2D eigenvalue weighted by Crippen LogP contribution is -1.85. The molecule has 0 aliphatic rings. The van der Waals surface area contributed by atoms with Gasteiger partial charge in [0.25, 0.3) is 0 Å². The fourth-order valence-corrected chi connectivity index (χ4v) is 1.16. The first-order chi connectivity index (χ1) is 6.27. The van der Waals surface area contributed by atoms with E-state index in [1.807, 2.05) is 0 Å². The van der Waals surface area contributed by atoms with Crippen LogP contribution in [0.1, 0.15) is 15.9 Å². The van der Waals surface area contributed by atoms with E-state index < -0.39 is 0 Å². The molecule has 0 saturated heterocycles. The molecule has 0 aromatic heterocycles. The van der Waals surface area contributed by atoms with Crippen molar-refractivity contribution in [3.05, 3.63) is 40.4 Å². The molecule has 0 atom stereocenters. The van der Waals surface area contributed by atoms with Crippen LogP contribution in [0.3, 0.4) is 0 Å². The smallest absolute Gasteiger partial charge is 0.150 e. The number of carbonyl (C=O) groups is 1. The Bertz CT molecular complexity index is 332. The van der Waals surface area contributed by atoms with E-state index in [9.17, 15) is 4.79 Å². The largest absolute Gasteiger partial charge is 0.392 e. The summed E-state index contributed by atoms with van der Waals surface area (Å²) < 4.78 is 0. The van der Waals surface area contributed by atoms with Gasteiger partial charge in [-0.05, 0) is 17.7 Å². The summed E-state index contributed by atoms with van der Waals surface area (Å²) in [4.78, 5) is 10.6. The lowest BCUT2D eigenvalue weighted by Gasteiger charge is -1.98. The number of aldehydes is 1. The van der Waals surface area contributed by atoms with Gasteiger partial charge in [-0.1, -0.05) is 29.8 Å². The van der Waals surface area contributed by atoms with Crippen LogP contribution in [0.2, 0.25) is 5.02 Å². The molecule has 0 amide bonds. The Balaban J connectivity index is 3.06. The quantitative estimate of drug-likeness (QED) is 0.753. The molecule has 1 rings (SSSR count). The van der Waals surface area contributed by atoms with Crippen LogP contribution in [-0.2, 0) is 0 Å². The predicted octanol–water partition coefficient (Wildman–Crippen LogP) is 2.16. The summed E-state index contributed by atoms with van der Waals surface area (Å²) in [5, 5.41) is 9.08. The zero-order chi connectivity index (χ0) is 9.68. The maximum atomic E-state index is 10.6. The van der Waals surface area contributed by atoms with Gasteiger partial charge in [0.15, 0.2) is 6.29 Å². The maximum Gasteiger partial charge on any atom is 0.150 e. The van der Waals surface area contributed by atoms with Crippen molar-refractivity contribution in [1.29, 1.82) is 0 Å². The van der Waals surface area contributed by atoms with Gasteiger partial charge in [-0.3, -0.25) is 4.79 Å². The fourth-order valence-electron chi connectivity index (χ4n) is 0.979. The Hall–Kier alpha value is -1.12. The average Bonchev–Trinajstić information content (AvgIpc) is 2.16. The van der Waals surface area contributed by atoms with Crippen LogP contribution in [0.4, 0.5) is 0 Å². The van der Waals surface area contributed by atoms with E-state index in [1.54, 1.807) is 30.4 Å². The molecule has 2 nitrogen and oxygen atoms in total. The first-order valence-electron chi connectivity index (χ1n) is 3.80. The van der Waals surface area contributed by atoms with Gasteiger partial charge < -0.3 is 5.11 Å². The van der Waals surface area contributed by atoms with E-state index in [2.05, 4.69) is 0 Å². The summed E-state index contributed by atoms with van der Waals surface area (Å²) in [6.45, 7) is -0.0408. The first kappa shape index (κ1) is 9.96. The van der Waals surface area contributed by atoms with Gasteiger partial charge >= 0.3 is 0 Å². The SMILES string of the molecule is O=Cc1cc(Cl)ccc1C=CCO. The third-order valence-electron chi connectivity index (χ3n) is 1.58. The molecule has 0 heterocycles. The van der Waals surface area contributed by atoms with Gasteiger partial charge in [-0.15, -0.1) is 0 Å². The highest BCUT2D eigenvalue weighted by Gasteiger charge is 1.98. The minimum absolute atomic E-state index is 0.0408. The molecule has 0 spiro atoms. The summed E-state index contributed by atoms with van der Waals surface area (Å²) in [6.07, 6.45) is 3.99. The van der Waals surface area contributed by atoms with Crippen LogP contribution in [0.25, 0.3) is 6.08 Å². The molecule has 1 aromatic rings. The Morgan fingerprint density at radius 2 is 2.15 bits per heavy atom. The van der Waals surface area contributed by atoms with E-state index in [0.29, 0.717) is 10.6 Å². The van der Waals surface area contributed by atoms with E-state index in [4.69, 9.17) is 16.7 Å². The second kappa shape index (κ2) is 4.80. The van der Waals surface area contributed by atoms with Crippen molar-refractivity contribution in [3.8, 4) is 0 Å². The lowest BCUT2D eigenvalue weighted by molar-refractivity contribution is 0.112. The molecule has 0 aliphatic carbocycles. The van der Waals surface area contributed by atoms with Crippen LogP contribution in [0.15, 0.2) is 24.3 Å². The molecule has 68 valence electrons. The average molecular weight is 197 g/mol. The number of hydrogen-bond donors (Lipinski definition) is 1. The van der Waals surface area contributed by atoms with Crippen LogP contribution >= 0.6 is 11.6 Å². The van der Waals surface area contributed by atoms with Gasteiger partial charge in [-0.25, -0.2) is 0 Å². The Kier molecular flexibility index (Phi) is 3.68. The van der Waals surface area contributed by atoms with Gasteiger partial charge in [-0.2, -0.15) is 0 Å². The second-order valence-corrected chi connectivity index (χ2v) is 2.91. The third-order valence-corrected chi connectivity index (χ3v) is 1.81. The molecule has 13 heavy (non-hydrogen) atoms. The minimum Gasteiger partial charge on any atom is -0.392 e. The highest BCUT2D eigenvalue weighted by atomic mass is 35.5. The number of hydrogen-bond acceptors (Lipinski definition) is 2. The third kappa shape index (κ3) is 2.68. The molecule has 0 aliphatic heterocycles. The van der Waals surface area contributed by atoms with Gasteiger partial charge in [0.2, 0.25) is 0 Å². The molecular weight excluding hydrogens is 188 g/mol. The van der Waals surface area contributed by atoms with Crippen LogP contribution in [0.5, 0.6) is 0 Å². The minimum atomic E-state index is -0.0408. The van der Waals surface area contributed by atoms with Crippen LogP contribution in [-0.4, -0.2) is 18.0 Å². The second-order valence-electron chi connectivity index (χ2n) is 2.48. The molecular formula is C10H9ClO2. The van der Waals surface area contributed by atoms with Gasteiger partial charge in [0.1, 0.15) is 0 Å². The van der Waals surface area contributed by atoms with Crippen LogP contribution < -0.4 is 0 Å². The number of aliphatic hydroxyl groups is 1. The molecule has 0 bridgehead atoms. The number of carbonyl (C=O) groups excluding carboxylic acids is 1. The molecule has 0 radical (unpaired) electrons. The maximum absolute atomic E-state index is 10.6. The number of benzene rings is 1. The number of aliphatic hydroxyl groups excluding tert-OH is 1. The zero-order valence-electron chi connectivity index (χ0n) is 6.90. The lowest BCUT2D eigenvalue weighted by atomic mass is 10.1. The number of rotatable bonds is 3. The molecule has 3 heteroatoms. The van der Waals surface area contributed by atoms with Crippen LogP contribution in [0, 0.1) is 0 Å². The van der Waals surface area contributed by atoms with E-state index in [1.165, 1.54) is 0 Å². The van der Waals surface area contributed by atoms with Crippen molar-refractivity contribution in [2.45, 2.75) is 0 Å². The molecule has 1 aromatic carbocycles. The van der Waals surface area contributed by atoms with Gasteiger partial charge in [0, 0.05) is 10.6 Å². The summed E-state index contributed by atoms with van der Waals surface area (Å²) in [6, 6.07) is 5.02. The zero-order valence-corrected chi connectivity index (χ0v) is 7.66. The fraction of sp³-hybridized carbons (Fsp3) is 0.100. The Morgan fingerprint density at radius 3 is 2.77 bits per heavy atom. The summed E-state index contributed by atoms with van der Waals surface area (Å²) >= 11 is 5.70. The molecule has 1 N–H and O–H groups in total. The summed E-state index contributed by atoms with van der Waals surface area (Å²) in [7, 11) is 0. The van der Waals surface area contributed by atoms with E-state index >= 15 is 0 Å². The normalized spacial score (nSPS) is 10.6. The first-order valence-corrected chi connectivity index (χ1v) is 4.18. The van der Waals surface area contributed by atoms with E-state index in [0.717, 1.165) is 11.8 Å². The van der Waals surface area contributed by atoms with Crippen molar-refractivity contribution in [2.75, 3.05) is 6.61 Å². The molecule has 0 saturated carbocycles.